The van der Waals surface area contributed by atoms with Gasteiger partial charge in [-0.25, -0.2) is 5.84 Å². The van der Waals surface area contributed by atoms with Gasteiger partial charge in [-0.1, -0.05) is 30.6 Å². The largest absolute Gasteiger partial charge is 0.323 e. The Morgan fingerprint density at radius 3 is 2.52 bits per heavy atom. The van der Waals surface area contributed by atoms with Gasteiger partial charge in [0.15, 0.2) is 5.84 Å². The smallest absolute Gasteiger partial charge is 0.308 e. The Kier molecular flexibility index (Phi) is 5.88. The quantitative estimate of drug-likeness (QED) is 0.179. The Morgan fingerprint density at radius 1 is 1.32 bits per heavy atom. The summed E-state index contributed by atoms with van der Waals surface area (Å²) in [5.41, 5.74) is 3.65. The fourth-order valence-corrected chi connectivity index (χ4v) is 2.75. The molecule has 25 heavy (non-hydrogen) atoms. The highest BCUT2D eigenvalue weighted by molar-refractivity contribution is 7.06. The molecule has 0 aliphatic carbocycles. The number of nitrogens with zero attached hydrogens (tertiary/aromatic N) is 2. The number of amides is 1. The second kappa shape index (κ2) is 8.08. The molecule has 0 saturated carbocycles. The van der Waals surface area contributed by atoms with E-state index in [2.05, 4.69) is 29.0 Å². The van der Waals surface area contributed by atoms with E-state index in [1.54, 1.807) is 30.3 Å². The Hall–Kier alpha value is -3.17. The van der Waals surface area contributed by atoms with Crippen LogP contribution in [-0.2, 0) is 11.3 Å². The summed E-state index contributed by atoms with van der Waals surface area (Å²) in [6.45, 7) is 7.78. The molecule has 0 aliphatic heterocycles. The number of carbonyl (C=O) groups excluding carboxylic acids is 1. The zero-order valence-electron chi connectivity index (χ0n) is 13.4. The van der Waals surface area contributed by atoms with Crippen molar-refractivity contribution in [2.45, 2.75) is 6.54 Å². The van der Waals surface area contributed by atoms with E-state index in [0.717, 1.165) is 11.3 Å². The van der Waals surface area contributed by atoms with Crippen LogP contribution in [0.15, 0.2) is 46.3 Å². The van der Waals surface area contributed by atoms with Gasteiger partial charge < -0.3 is 16.6 Å². The van der Waals surface area contributed by atoms with Gasteiger partial charge >= 0.3 is 4.87 Å². The first-order valence-electron chi connectivity index (χ1n) is 7.16. The molecule has 0 aliphatic rings. The minimum atomic E-state index is -0.318. The van der Waals surface area contributed by atoms with Crippen LogP contribution in [0.25, 0.3) is 13.2 Å². The van der Waals surface area contributed by atoms with Gasteiger partial charge in [0.05, 0.1) is 5.35 Å². The Morgan fingerprint density at radius 2 is 2.00 bits per heavy atom. The minimum Gasteiger partial charge on any atom is -0.323 e. The molecule has 9 heteroatoms. The number of amidine groups is 1. The SMILES string of the molecule is C=c1sc(=O)n(C/C=C/C(=O)Nc2ccc(/C(=N/N)NN)cc2)c1=C. The average molecular weight is 358 g/mol. The minimum absolute atomic E-state index is 0.151. The second-order valence-corrected chi connectivity index (χ2v) is 5.99. The molecular weight excluding hydrogens is 340 g/mol. The number of thiazole rings is 1. The number of benzene rings is 1. The van der Waals surface area contributed by atoms with Gasteiger partial charge in [-0.2, -0.15) is 5.10 Å². The van der Waals surface area contributed by atoms with Gasteiger partial charge in [-0.05, 0) is 24.3 Å². The number of hydrogen-bond donors (Lipinski definition) is 4. The van der Waals surface area contributed by atoms with Crippen LogP contribution in [0, 0.1) is 0 Å². The number of hydrogen-bond acceptors (Lipinski definition) is 6. The lowest BCUT2D eigenvalue weighted by Crippen LogP contribution is -2.32. The van der Waals surface area contributed by atoms with Crippen LogP contribution in [0.3, 0.4) is 0 Å². The molecule has 0 fully saturated rings. The molecule has 1 aromatic heterocycles. The van der Waals surface area contributed by atoms with E-state index >= 15 is 0 Å². The van der Waals surface area contributed by atoms with Gasteiger partial charge in [0.2, 0.25) is 5.91 Å². The number of carbonyl (C=O) groups is 1. The summed E-state index contributed by atoms with van der Waals surface area (Å²) in [4.78, 5) is 23.5. The number of hydrazone groups is 1. The van der Waals surface area contributed by atoms with E-state index in [-0.39, 0.29) is 17.3 Å². The Bertz CT molecular complexity index is 972. The van der Waals surface area contributed by atoms with Crippen molar-refractivity contribution < 1.29 is 4.79 Å². The highest BCUT2D eigenvalue weighted by Crippen LogP contribution is 2.09. The second-order valence-electron chi connectivity index (χ2n) is 4.94. The van der Waals surface area contributed by atoms with Gasteiger partial charge in [0, 0.05) is 28.4 Å². The molecule has 1 heterocycles. The van der Waals surface area contributed by atoms with Gasteiger partial charge in [0.1, 0.15) is 0 Å². The van der Waals surface area contributed by atoms with Crippen LogP contribution < -0.4 is 37.2 Å². The molecule has 0 spiro atoms. The van der Waals surface area contributed by atoms with Crippen molar-refractivity contribution >= 4 is 41.9 Å². The van der Waals surface area contributed by atoms with E-state index in [9.17, 15) is 9.59 Å². The summed E-state index contributed by atoms with van der Waals surface area (Å²) in [7, 11) is 0. The lowest BCUT2D eigenvalue weighted by Gasteiger charge is -2.06. The monoisotopic (exact) mass is 358 g/mol. The normalized spacial score (nSPS) is 11.6. The summed E-state index contributed by atoms with van der Waals surface area (Å²) < 4.78 is 2.08. The molecule has 0 atom stereocenters. The molecule has 2 rings (SSSR count). The van der Waals surface area contributed by atoms with E-state index in [1.165, 1.54) is 10.6 Å². The molecule has 130 valence electrons. The van der Waals surface area contributed by atoms with E-state index in [1.807, 2.05) is 0 Å². The Balaban J connectivity index is 1.99. The number of hydrazine groups is 1. The molecule has 0 saturated heterocycles. The lowest BCUT2D eigenvalue weighted by molar-refractivity contribution is -0.111. The molecule has 0 unspecified atom stereocenters. The maximum atomic E-state index is 11.9. The predicted octanol–water partition coefficient (Wildman–Crippen LogP) is -0.991. The van der Waals surface area contributed by atoms with Crippen molar-refractivity contribution in [3.8, 4) is 0 Å². The van der Waals surface area contributed by atoms with Crippen molar-refractivity contribution in [2.75, 3.05) is 5.32 Å². The molecule has 0 radical (unpaired) electrons. The zero-order valence-corrected chi connectivity index (χ0v) is 14.2. The van der Waals surface area contributed by atoms with Gasteiger partial charge in [0.25, 0.3) is 0 Å². The number of nitrogens with one attached hydrogen (secondary N) is 2. The van der Waals surface area contributed by atoms with Crippen molar-refractivity contribution in [1.82, 2.24) is 9.99 Å². The first-order chi connectivity index (χ1) is 12.0. The molecule has 2 aromatic rings. The third-order valence-corrected chi connectivity index (χ3v) is 4.20. The fraction of sp³-hybridized carbons (Fsp3) is 0.0625. The van der Waals surface area contributed by atoms with E-state index < -0.39 is 0 Å². The molecule has 8 nitrogen and oxygen atoms in total. The molecule has 1 aromatic carbocycles. The number of rotatable bonds is 5. The summed E-state index contributed by atoms with van der Waals surface area (Å²) in [6.07, 6.45) is 2.94. The third kappa shape index (κ3) is 4.43. The highest BCUT2D eigenvalue weighted by atomic mass is 32.1. The third-order valence-electron chi connectivity index (χ3n) is 3.33. The molecule has 1 amide bonds. The van der Waals surface area contributed by atoms with Crippen LogP contribution in [0.1, 0.15) is 5.56 Å². The molecular formula is C16H18N6O2S. The van der Waals surface area contributed by atoms with Crippen LogP contribution in [-0.4, -0.2) is 16.3 Å². The number of anilines is 1. The van der Waals surface area contributed by atoms with E-state index in [0.29, 0.717) is 27.0 Å². The average Bonchev–Trinajstić information content (AvgIpc) is 2.83. The van der Waals surface area contributed by atoms with Crippen LogP contribution in [0.4, 0.5) is 5.69 Å². The fourth-order valence-electron chi connectivity index (χ4n) is 2.02. The lowest BCUT2D eigenvalue weighted by atomic mass is 10.2. The number of aromatic nitrogens is 1. The van der Waals surface area contributed by atoms with Crippen molar-refractivity contribution in [3.63, 3.8) is 0 Å². The summed E-state index contributed by atoms with van der Waals surface area (Å²) in [5, 5.41) is 6.76. The van der Waals surface area contributed by atoms with Crippen molar-refractivity contribution in [3.05, 3.63) is 61.5 Å². The summed E-state index contributed by atoms with van der Waals surface area (Å²) >= 11 is 1.03. The van der Waals surface area contributed by atoms with Crippen LogP contribution in [0.5, 0.6) is 0 Å². The summed E-state index contributed by atoms with van der Waals surface area (Å²) in [6, 6.07) is 6.80. The predicted molar refractivity (Wildman–Crippen MR) is 101 cm³/mol. The Labute approximate surface area is 147 Å². The number of nitrogens with two attached hydrogens (primary N) is 2. The standard InChI is InChI=1S/C16H18N6O2S/c1-10-11(2)25-16(24)22(10)9-3-4-14(23)19-13-7-5-12(6-8-13)15(20-17)21-18/h3-8H,1-2,9,17-18H2,(H,19,23)(H,20,21)/b4-3+. The highest BCUT2D eigenvalue weighted by Gasteiger charge is 2.03. The first-order valence-corrected chi connectivity index (χ1v) is 7.98. The molecule has 0 bridgehead atoms. The van der Waals surface area contributed by atoms with Crippen LogP contribution >= 0.6 is 11.3 Å². The first kappa shape index (κ1) is 18.2. The zero-order chi connectivity index (χ0) is 18.4. The van der Waals surface area contributed by atoms with Gasteiger partial charge in [-0.15, -0.1) is 0 Å². The maximum Gasteiger partial charge on any atom is 0.308 e. The van der Waals surface area contributed by atoms with Crippen LogP contribution in [0.2, 0.25) is 0 Å². The van der Waals surface area contributed by atoms with Gasteiger partial charge in [-0.3, -0.25) is 14.2 Å². The maximum absolute atomic E-state index is 11.9. The topological polar surface area (TPSA) is 128 Å². The number of allylic oxidation sites excluding steroid dienone is 1. The van der Waals surface area contributed by atoms with Crippen molar-refractivity contribution in [2.24, 2.45) is 16.8 Å². The summed E-state index contributed by atoms with van der Waals surface area (Å²) in [5.74, 6) is 10.5. The molecule has 6 N–H and O–H groups in total. The van der Waals surface area contributed by atoms with E-state index in [4.69, 9.17) is 11.7 Å². The van der Waals surface area contributed by atoms with Crippen molar-refractivity contribution in [1.29, 1.82) is 0 Å².